The van der Waals surface area contributed by atoms with Gasteiger partial charge in [-0.05, 0) is 42.0 Å². The summed E-state index contributed by atoms with van der Waals surface area (Å²) in [4.78, 5) is 0. The summed E-state index contributed by atoms with van der Waals surface area (Å²) in [6.07, 6.45) is 0.737. The molecule has 0 fully saturated rings. The van der Waals surface area contributed by atoms with Gasteiger partial charge in [-0.3, -0.25) is 0 Å². The van der Waals surface area contributed by atoms with Crippen LogP contribution in [0.2, 0.25) is 0 Å². The maximum Gasteiger partial charge on any atom is 0.416 e. The maximum absolute atomic E-state index is 12.5. The minimum absolute atomic E-state index is 0.557. The third-order valence-electron chi connectivity index (χ3n) is 2.94. The van der Waals surface area contributed by atoms with Gasteiger partial charge >= 0.3 is 6.18 Å². The van der Waals surface area contributed by atoms with Gasteiger partial charge in [0.05, 0.1) is 5.56 Å². The first-order chi connectivity index (χ1) is 8.84. The van der Waals surface area contributed by atoms with Crippen LogP contribution in [0.5, 0.6) is 0 Å². The molecule has 0 aliphatic rings. The number of hydrogen-bond acceptors (Lipinski definition) is 0. The van der Waals surface area contributed by atoms with Crippen molar-refractivity contribution < 1.29 is 13.2 Å². The van der Waals surface area contributed by atoms with E-state index < -0.39 is 11.7 Å². The largest absolute Gasteiger partial charge is 0.416 e. The molecule has 1 aromatic rings. The quantitative estimate of drug-likeness (QED) is 0.621. The molecule has 19 heavy (non-hydrogen) atoms. The lowest BCUT2D eigenvalue weighted by molar-refractivity contribution is -0.137. The van der Waals surface area contributed by atoms with Gasteiger partial charge in [0.2, 0.25) is 0 Å². The van der Waals surface area contributed by atoms with Crippen molar-refractivity contribution in [3.63, 3.8) is 0 Å². The van der Waals surface area contributed by atoms with Crippen LogP contribution in [-0.2, 0) is 6.18 Å². The van der Waals surface area contributed by atoms with Gasteiger partial charge in [0.25, 0.3) is 0 Å². The van der Waals surface area contributed by atoms with E-state index in [2.05, 4.69) is 26.8 Å². The fourth-order valence-corrected chi connectivity index (χ4v) is 1.88. The van der Waals surface area contributed by atoms with E-state index >= 15 is 0 Å². The van der Waals surface area contributed by atoms with Crippen LogP contribution in [0.4, 0.5) is 13.2 Å². The van der Waals surface area contributed by atoms with Crippen molar-refractivity contribution in [2.75, 3.05) is 0 Å². The Labute approximate surface area is 113 Å². The molecule has 0 N–H and O–H groups in total. The Balaban J connectivity index is 2.94. The molecule has 106 valence electrons. The van der Waals surface area contributed by atoms with E-state index in [1.807, 2.05) is 0 Å². The number of alkyl halides is 3. The minimum atomic E-state index is -4.26. The number of rotatable bonds is 5. The van der Waals surface area contributed by atoms with Crippen molar-refractivity contribution >= 4 is 5.57 Å². The Hall–Kier alpha value is -1.25. The fourth-order valence-electron chi connectivity index (χ4n) is 1.88. The Kier molecular flexibility index (Phi) is 5.64. The molecule has 0 heterocycles. The molecule has 1 rings (SSSR count). The highest BCUT2D eigenvalue weighted by Crippen LogP contribution is 2.31. The summed E-state index contributed by atoms with van der Waals surface area (Å²) in [6, 6.07) is 5.47. The zero-order chi connectivity index (χ0) is 14.5. The normalized spacial score (nSPS) is 13.1. The predicted octanol–water partition coefficient (Wildman–Crippen LogP) is 5.94. The van der Waals surface area contributed by atoms with Gasteiger partial charge in [0.15, 0.2) is 0 Å². The highest BCUT2D eigenvalue weighted by atomic mass is 19.4. The van der Waals surface area contributed by atoms with Gasteiger partial charge in [-0.2, -0.15) is 13.2 Å². The molecule has 0 aliphatic heterocycles. The minimum Gasteiger partial charge on any atom is -0.166 e. The predicted molar refractivity (Wildman–Crippen MR) is 73.8 cm³/mol. The van der Waals surface area contributed by atoms with Crippen LogP contribution in [-0.4, -0.2) is 0 Å². The van der Waals surface area contributed by atoms with E-state index in [0.717, 1.165) is 42.5 Å². The van der Waals surface area contributed by atoms with Crippen LogP contribution in [0.15, 0.2) is 30.3 Å². The van der Waals surface area contributed by atoms with Crippen molar-refractivity contribution in [2.24, 2.45) is 5.92 Å². The van der Waals surface area contributed by atoms with Crippen LogP contribution >= 0.6 is 0 Å². The Morgan fingerprint density at radius 1 is 1.16 bits per heavy atom. The molecule has 0 atom stereocenters. The van der Waals surface area contributed by atoms with Crippen molar-refractivity contribution in [3.05, 3.63) is 41.5 Å². The first-order valence-electron chi connectivity index (χ1n) is 6.71. The van der Waals surface area contributed by atoms with E-state index in [9.17, 15) is 13.2 Å². The van der Waals surface area contributed by atoms with Crippen molar-refractivity contribution in [3.8, 4) is 0 Å². The maximum atomic E-state index is 12.5. The zero-order valence-corrected chi connectivity index (χ0v) is 11.7. The van der Waals surface area contributed by atoms with Gasteiger partial charge in [-0.1, -0.05) is 45.4 Å². The molecule has 1 aromatic carbocycles. The number of allylic oxidation sites excluding steroid dienone is 2. The number of halogens is 3. The molecule has 3 heteroatoms. The molecule has 0 radical (unpaired) electrons. The average molecular weight is 270 g/mol. The van der Waals surface area contributed by atoms with E-state index in [1.165, 1.54) is 0 Å². The van der Waals surface area contributed by atoms with Crippen LogP contribution in [0.3, 0.4) is 0 Å². The molecule has 0 saturated heterocycles. The fraction of sp³-hybridized carbons (Fsp3) is 0.500. The first kappa shape index (κ1) is 15.8. The summed E-state index contributed by atoms with van der Waals surface area (Å²) in [5.74, 6) is 0.557. The molecule has 0 aliphatic carbocycles. The second kappa shape index (κ2) is 6.78. The first-order valence-corrected chi connectivity index (χ1v) is 6.71. The summed E-state index contributed by atoms with van der Waals surface area (Å²) < 4.78 is 37.5. The van der Waals surface area contributed by atoms with E-state index in [1.54, 1.807) is 12.1 Å². The SMILES string of the molecule is CCC/C(=C/CC(C)C)c1ccc(C(F)(F)F)cc1. The topological polar surface area (TPSA) is 0 Å². The highest BCUT2D eigenvalue weighted by molar-refractivity contribution is 5.65. The number of benzene rings is 1. The smallest absolute Gasteiger partial charge is 0.166 e. The van der Waals surface area contributed by atoms with Crippen molar-refractivity contribution in [2.45, 2.75) is 46.2 Å². The second-order valence-corrected chi connectivity index (χ2v) is 5.18. The molecule has 0 nitrogen and oxygen atoms in total. The molecule has 0 aromatic heterocycles. The summed E-state index contributed by atoms with van der Waals surface area (Å²) in [5, 5.41) is 0. The van der Waals surface area contributed by atoms with Gasteiger partial charge in [0.1, 0.15) is 0 Å². The summed E-state index contributed by atoms with van der Waals surface area (Å²) in [6.45, 7) is 6.34. The lowest BCUT2D eigenvalue weighted by Crippen LogP contribution is -2.04. The molecule has 0 amide bonds. The average Bonchev–Trinajstić information content (AvgIpc) is 2.33. The van der Waals surface area contributed by atoms with Gasteiger partial charge in [-0.25, -0.2) is 0 Å². The molecule has 0 unspecified atom stereocenters. The van der Waals surface area contributed by atoms with Crippen LogP contribution in [0.25, 0.3) is 5.57 Å². The second-order valence-electron chi connectivity index (χ2n) is 5.18. The summed E-state index contributed by atoms with van der Waals surface area (Å²) >= 11 is 0. The van der Waals surface area contributed by atoms with Crippen LogP contribution in [0.1, 0.15) is 51.2 Å². The van der Waals surface area contributed by atoms with Crippen molar-refractivity contribution in [1.29, 1.82) is 0 Å². The Morgan fingerprint density at radius 3 is 2.16 bits per heavy atom. The molecular formula is C16H21F3. The molecule has 0 bridgehead atoms. The van der Waals surface area contributed by atoms with Crippen molar-refractivity contribution in [1.82, 2.24) is 0 Å². The lowest BCUT2D eigenvalue weighted by Gasteiger charge is -2.11. The van der Waals surface area contributed by atoms with Gasteiger partial charge < -0.3 is 0 Å². The summed E-state index contributed by atoms with van der Waals surface area (Å²) in [5.41, 5.74) is 1.45. The van der Waals surface area contributed by atoms with Gasteiger partial charge in [-0.15, -0.1) is 0 Å². The standard InChI is InChI=1S/C16H21F3/c1-4-5-13(7-6-12(2)3)14-8-10-15(11-9-14)16(17,18)19/h7-12H,4-6H2,1-3H3/b13-7-. The lowest BCUT2D eigenvalue weighted by atomic mass is 9.97. The van der Waals surface area contributed by atoms with E-state index in [4.69, 9.17) is 0 Å². The monoisotopic (exact) mass is 270 g/mol. The van der Waals surface area contributed by atoms with Gasteiger partial charge in [0, 0.05) is 0 Å². The third-order valence-corrected chi connectivity index (χ3v) is 2.94. The van der Waals surface area contributed by atoms with E-state index in [-0.39, 0.29) is 0 Å². The summed E-state index contributed by atoms with van der Waals surface area (Å²) in [7, 11) is 0. The number of hydrogen-bond donors (Lipinski definition) is 0. The van der Waals surface area contributed by atoms with E-state index in [0.29, 0.717) is 5.92 Å². The highest BCUT2D eigenvalue weighted by Gasteiger charge is 2.29. The van der Waals surface area contributed by atoms with Crippen LogP contribution < -0.4 is 0 Å². The zero-order valence-electron chi connectivity index (χ0n) is 11.7. The Morgan fingerprint density at radius 2 is 1.74 bits per heavy atom. The molecule has 0 saturated carbocycles. The van der Waals surface area contributed by atoms with Crippen LogP contribution in [0, 0.1) is 5.92 Å². The molecular weight excluding hydrogens is 249 g/mol. The third kappa shape index (κ3) is 5.09. The molecule has 0 spiro atoms. The Bertz CT molecular complexity index is 411.